The van der Waals surface area contributed by atoms with Gasteiger partial charge in [0.15, 0.2) is 0 Å². The number of rotatable bonds is 4. The molecule has 2 rings (SSSR count). The summed E-state index contributed by atoms with van der Waals surface area (Å²) in [4.78, 5) is 11.4. The highest BCUT2D eigenvalue weighted by Gasteiger charge is 2.01. The summed E-state index contributed by atoms with van der Waals surface area (Å²) in [7, 11) is 0. The van der Waals surface area contributed by atoms with Crippen molar-refractivity contribution in [3.8, 4) is 0 Å². The first-order chi connectivity index (χ1) is 8.34. The molecule has 17 heavy (non-hydrogen) atoms. The second-order valence-electron chi connectivity index (χ2n) is 3.51. The lowest BCUT2D eigenvalue weighted by Crippen LogP contribution is -2.34. The van der Waals surface area contributed by atoms with Gasteiger partial charge < -0.3 is 15.2 Å². The highest BCUT2D eigenvalue weighted by atomic mass is 16.5. The van der Waals surface area contributed by atoms with Crippen LogP contribution in [-0.4, -0.2) is 11.2 Å². The van der Waals surface area contributed by atoms with Crippen LogP contribution in [0.4, 0.5) is 4.79 Å². The zero-order valence-corrected chi connectivity index (χ0v) is 9.22. The Morgan fingerprint density at radius 1 is 1.12 bits per heavy atom. The molecule has 2 N–H and O–H groups in total. The number of nitrogens with zero attached hydrogens (tertiary/aromatic N) is 1. The van der Waals surface area contributed by atoms with Crippen molar-refractivity contribution < 1.29 is 9.32 Å². The molecule has 0 unspecified atom stereocenters. The number of hydrogen-bond acceptors (Lipinski definition) is 3. The number of hydrogen-bond donors (Lipinski definition) is 2. The zero-order valence-electron chi connectivity index (χ0n) is 9.22. The predicted octanol–water partition coefficient (Wildman–Crippen LogP) is 1.67. The van der Waals surface area contributed by atoms with Crippen LogP contribution >= 0.6 is 0 Å². The summed E-state index contributed by atoms with van der Waals surface area (Å²) in [5.41, 5.74) is 1.75. The Labute approximate surface area is 98.8 Å². The van der Waals surface area contributed by atoms with E-state index in [4.69, 9.17) is 0 Å². The summed E-state index contributed by atoms with van der Waals surface area (Å²) in [6.45, 7) is 0.864. The normalized spacial score (nSPS) is 9.88. The molecule has 1 heterocycles. The fourth-order valence-electron chi connectivity index (χ4n) is 1.34. The van der Waals surface area contributed by atoms with Crippen molar-refractivity contribution in [3.63, 3.8) is 0 Å². The number of urea groups is 1. The van der Waals surface area contributed by atoms with Gasteiger partial charge in [-0.1, -0.05) is 35.5 Å². The SMILES string of the molecule is O=C(NCc1ccccc1)NCc1ccon1. The van der Waals surface area contributed by atoms with Crippen LogP contribution < -0.4 is 10.6 Å². The highest BCUT2D eigenvalue weighted by molar-refractivity contribution is 5.73. The van der Waals surface area contributed by atoms with Crippen LogP contribution in [0.5, 0.6) is 0 Å². The molecule has 5 nitrogen and oxygen atoms in total. The Hall–Kier alpha value is -2.30. The topological polar surface area (TPSA) is 67.2 Å². The Morgan fingerprint density at radius 2 is 1.88 bits per heavy atom. The van der Waals surface area contributed by atoms with Gasteiger partial charge in [0.25, 0.3) is 0 Å². The third kappa shape index (κ3) is 3.64. The van der Waals surface area contributed by atoms with Crippen molar-refractivity contribution >= 4 is 6.03 Å². The maximum Gasteiger partial charge on any atom is 0.315 e. The molecule has 0 saturated carbocycles. The molecular formula is C12H13N3O2. The van der Waals surface area contributed by atoms with E-state index in [0.29, 0.717) is 18.8 Å². The molecule has 88 valence electrons. The number of benzene rings is 1. The first-order valence-electron chi connectivity index (χ1n) is 5.29. The third-order valence-corrected chi connectivity index (χ3v) is 2.22. The lowest BCUT2D eigenvalue weighted by atomic mass is 10.2. The number of nitrogens with one attached hydrogen (secondary N) is 2. The Kier molecular flexibility index (Phi) is 3.75. The van der Waals surface area contributed by atoms with Crippen molar-refractivity contribution in [2.45, 2.75) is 13.1 Å². The molecule has 0 aliphatic carbocycles. The van der Waals surface area contributed by atoms with Crippen molar-refractivity contribution in [1.82, 2.24) is 15.8 Å². The van der Waals surface area contributed by atoms with E-state index >= 15 is 0 Å². The summed E-state index contributed by atoms with van der Waals surface area (Å²) < 4.78 is 4.65. The van der Waals surface area contributed by atoms with E-state index in [1.807, 2.05) is 30.3 Å². The summed E-state index contributed by atoms with van der Waals surface area (Å²) in [5.74, 6) is 0. The molecule has 5 heteroatoms. The van der Waals surface area contributed by atoms with Gasteiger partial charge in [0.2, 0.25) is 0 Å². The fourth-order valence-corrected chi connectivity index (χ4v) is 1.34. The van der Waals surface area contributed by atoms with E-state index < -0.39 is 0 Å². The van der Waals surface area contributed by atoms with Crippen LogP contribution in [0.15, 0.2) is 47.2 Å². The zero-order chi connectivity index (χ0) is 11.9. The van der Waals surface area contributed by atoms with Crippen LogP contribution in [0.25, 0.3) is 0 Å². The molecule has 0 aliphatic heterocycles. The first-order valence-corrected chi connectivity index (χ1v) is 5.29. The molecule has 0 atom stereocenters. The van der Waals surface area contributed by atoms with Crippen molar-refractivity contribution in [2.24, 2.45) is 0 Å². The van der Waals surface area contributed by atoms with Gasteiger partial charge in [-0.2, -0.15) is 0 Å². The Balaban J connectivity index is 1.71. The lowest BCUT2D eigenvalue weighted by Gasteiger charge is -2.06. The molecular weight excluding hydrogens is 218 g/mol. The van der Waals surface area contributed by atoms with E-state index in [1.54, 1.807) is 6.07 Å². The number of carbonyl (C=O) groups is 1. The minimum Gasteiger partial charge on any atom is -0.364 e. The molecule has 0 aliphatic rings. The highest BCUT2D eigenvalue weighted by Crippen LogP contribution is 1.97. The number of amides is 2. The molecule has 0 saturated heterocycles. The third-order valence-electron chi connectivity index (χ3n) is 2.22. The van der Waals surface area contributed by atoms with Crippen LogP contribution in [0, 0.1) is 0 Å². The van der Waals surface area contributed by atoms with Crippen LogP contribution in [0.3, 0.4) is 0 Å². The second kappa shape index (κ2) is 5.69. The molecule has 0 bridgehead atoms. The first kappa shape index (κ1) is 11.2. The van der Waals surface area contributed by atoms with Gasteiger partial charge in [0, 0.05) is 12.6 Å². The minimum absolute atomic E-state index is 0.225. The standard InChI is InChI=1S/C12H13N3O2/c16-12(14-9-11-6-7-17-15-11)13-8-10-4-2-1-3-5-10/h1-7H,8-9H2,(H2,13,14,16). The van der Waals surface area contributed by atoms with Gasteiger partial charge in [0.05, 0.1) is 6.54 Å². The molecule has 1 aromatic heterocycles. The quantitative estimate of drug-likeness (QED) is 0.841. The number of aromatic nitrogens is 1. The largest absolute Gasteiger partial charge is 0.364 e. The van der Waals surface area contributed by atoms with Gasteiger partial charge >= 0.3 is 6.03 Å². The Bertz CT molecular complexity index is 454. The van der Waals surface area contributed by atoms with Gasteiger partial charge in [-0.3, -0.25) is 0 Å². The predicted molar refractivity (Wildman–Crippen MR) is 62.0 cm³/mol. The Morgan fingerprint density at radius 3 is 2.59 bits per heavy atom. The maximum absolute atomic E-state index is 11.4. The van der Waals surface area contributed by atoms with Crippen molar-refractivity contribution in [1.29, 1.82) is 0 Å². The summed E-state index contributed by atoms with van der Waals surface area (Å²) >= 11 is 0. The van der Waals surface area contributed by atoms with E-state index in [1.165, 1.54) is 6.26 Å². The van der Waals surface area contributed by atoms with Crippen LogP contribution in [0.2, 0.25) is 0 Å². The monoisotopic (exact) mass is 231 g/mol. The lowest BCUT2D eigenvalue weighted by molar-refractivity contribution is 0.240. The summed E-state index contributed by atoms with van der Waals surface area (Å²) in [6.07, 6.45) is 1.47. The maximum atomic E-state index is 11.4. The molecule has 2 aromatic rings. The van der Waals surface area contributed by atoms with Gasteiger partial charge in [0.1, 0.15) is 12.0 Å². The van der Waals surface area contributed by atoms with E-state index in [9.17, 15) is 4.79 Å². The van der Waals surface area contributed by atoms with Gasteiger partial charge in [-0.25, -0.2) is 4.79 Å². The van der Waals surface area contributed by atoms with Crippen molar-refractivity contribution in [2.75, 3.05) is 0 Å². The van der Waals surface area contributed by atoms with Crippen LogP contribution in [-0.2, 0) is 13.1 Å². The fraction of sp³-hybridized carbons (Fsp3) is 0.167. The minimum atomic E-state index is -0.225. The van der Waals surface area contributed by atoms with E-state index in [0.717, 1.165) is 5.56 Å². The summed E-state index contributed by atoms with van der Waals surface area (Å²) in [5, 5.41) is 9.12. The molecule has 1 aromatic carbocycles. The van der Waals surface area contributed by atoms with E-state index in [-0.39, 0.29) is 6.03 Å². The average Bonchev–Trinajstić information content (AvgIpc) is 2.88. The van der Waals surface area contributed by atoms with Crippen LogP contribution in [0.1, 0.15) is 11.3 Å². The number of carbonyl (C=O) groups excluding carboxylic acids is 1. The van der Waals surface area contributed by atoms with Gasteiger partial charge in [-0.05, 0) is 5.56 Å². The molecule has 0 fully saturated rings. The van der Waals surface area contributed by atoms with Gasteiger partial charge in [-0.15, -0.1) is 0 Å². The average molecular weight is 231 g/mol. The second-order valence-corrected chi connectivity index (χ2v) is 3.51. The molecule has 0 radical (unpaired) electrons. The molecule has 0 spiro atoms. The van der Waals surface area contributed by atoms with E-state index in [2.05, 4.69) is 20.3 Å². The molecule has 2 amide bonds. The summed E-state index contributed by atoms with van der Waals surface area (Å²) in [6, 6.07) is 11.2. The smallest absolute Gasteiger partial charge is 0.315 e. The van der Waals surface area contributed by atoms with Crippen molar-refractivity contribution in [3.05, 3.63) is 53.9 Å².